The maximum atomic E-state index is 10.4. The summed E-state index contributed by atoms with van der Waals surface area (Å²) >= 11 is 0. The third-order valence-corrected chi connectivity index (χ3v) is 2.42. The zero-order chi connectivity index (χ0) is 10.4. The van der Waals surface area contributed by atoms with Crippen molar-refractivity contribution in [2.75, 3.05) is 0 Å². The van der Waals surface area contributed by atoms with Crippen LogP contribution in [0.4, 0.5) is 0 Å². The molecule has 1 aromatic carbocycles. The molecule has 0 aliphatic carbocycles. The molecule has 14 heavy (non-hydrogen) atoms. The summed E-state index contributed by atoms with van der Waals surface area (Å²) in [5.41, 5.74) is 0.576. The molecule has 0 aliphatic heterocycles. The van der Waals surface area contributed by atoms with E-state index in [0.29, 0.717) is 6.47 Å². The Balaban J connectivity index is 2.92. The van der Waals surface area contributed by atoms with E-state index in [0.717, 1.165) is 18.4 Å². The Bertz CT molecular complexity index is 282. The van der Waals surface area contributed by atoms with Crippen LogP contribution in [0.5, 0.6) is 0 Å². The quantitative estimate of drug-likeness (QED) is 0.670. The first-order valence-corrected chi connectivity index (χ1v) is 4.90. The Kier molecular flexibility index (Phi) is 3.69. The van der Waals surface area contributed by atoms with Crippen LogP contribution in [0.15, 0.2) is 30.3 Å². The number of hydrogen-bond acceptors (Lipinski definition) is 2. The van der Waals surface area contributed by atoms with Crippen LogP contribution < -0.4 is 0 Å². The molecule has 0 saturated heterocycles. The largest absolute Gasteiger partial charge is 0.457 e. The van der Waals surface area contributed by atoms with Gasteiger partial charge in [-0.1, -0.05) is 43.7 Å². The first-order chi connectivity index (χ1) is 6.73. The third kappa shape index (κ3) is 2.34. The Morgan fingerprint density at radius 1 is 1.36 bits per heavy atom. The van der Waals surface area contributed by atoms with Crippen molar-refractivity contribution in [2.24, 2.45) is 0 Å². The first-order valence-electron chi connectivity index (χ1n) is 4.90. The lowest BCUT2D eigenvalue weighted by Gasteiger charge is -2.27. The fourth-order valence-electron chi connectivity index (χ4n) is 1.65. The SMILES string of the molecule is CCCC(C)(OC=O)c1ccccc1. The number of ether oxygens (including phenoxy) is 1. The van der Waals surface area contributed by atoms with E-state index in [-0.39, 0.29) is 0 Å². The van der Waals surface area contributed by atoms with E-state index in [1.807, 2.05) is 37.3 Å². The van der Waals surface area contributed by atoms with Gasteiger partial charge < -0.3 is 4.74 Å². The Morgan fingerprint density at radius 3 is 2.50 bits per heavy atom. The molecule has 2 nitrogen and oxygen atoms in total. The fraction of sp³-hybridized carbons (Fsp3) is 0.417. The summed E-state index contributed by atoms with van der Waals surface area (Å²) < 4.78 is 5.18. The summed E-state index contributed by atoms with van der Waals surface area (Å²) in [6.45, 7) is 4.55. The molecule has 0 N–H and O–H groups in total. The molecule has 0 spiro atoms. The van der Waals surface area contributed by atoms with Gasteiger partial charge in [0.05, 0.1) is 0 Å². The molecule has 0 aliphatic rings. The summed E-state index contributed by atoms with van der Waals surface area (Å²) in [6, 6.07) is 9.84. The van der Waals surface area contributed by atoms with Crippen molar-refractivity contribution in [3.05, 3.63) is 35.9 Å². The van der Waals surface area contributed by atoms with Gasteiger partial charge in [-0.3, -0.25) is 4.79 Å². The highest BCUT2D eigenvalue weighted by molar-refractivity contribution is 5.40. The van der Waals surface area contributed by atoms with E-state index in [4.69, 9.17) is 4.74 Å². The van der Waals surface area contributed by atoms with Gasteiger partial charge in [0.2, 0.25) is 0 Å². The second-order valence-electron chi connectivity index (χ2n) is 3.56. The standard InChI is InChI=1S/C12H16O2/c1-3-9-12(2,14-10-13)11-7-5-4-6-8-11/h4-8,10H,3,9H2,1-2H3. The molecule has 0 fully saturated rings. The van der Waals surface area contributed by atoms with Gasteiger partial charge in [-0.2, -0.15) is 0 Å². The van der Waals surface area contributed by atoms with Crippen molar-refractivity contribution < 1.29 is 9.53 Å². The second-order valence-corrected chi connectivity index (χ2v) is 3.56. The number of carbonyl (C=O) groups is 1. The average molecular weight is 192 g/mol. The number of rotatable bonds is 5. The Hall–Kier alpha value is -1.31. The fourth-order valence-corrected chi connectivity index (χ4v) is 1.65. The molecule has 76 valence electrons. The molecule has 1 atom stereocenters. The van der Waals surface area contributed by atoms with E-state index in [9.17, 15) is 4.79 Å². The van der Waals surface area contributed by atoms with Crippen molar-refractivity contribution >= 4 is 6.47 Å². The lowest BCUT2D eigenvalue weighted by atomic mass is 9.91. The van der Waals surface area contributed by atoms with Gasteiger partial charge in [0.25, 0.3) is 6.47 Å². The summed E-state index contributed by atoms with van der Waals surface area (Å²) in [6.07, 6.45) is 1.83. The summed E-state index contributed by atoms with van der Waals surface area (Å²) in [5, 5.41) is 0. The molecule has 0 heterocycles. The molecule has 0 amide bonds. The summed E-state index contributed by atoms with van der Waals surface area (Å²) in [5.74, 6) is 0. The van der Waals surface area contributed by atoms with Gasteiger partial charge in [0.1, 0.15) is 5.60 Å². The maximum Gasteiger partial charge on any atom is 0.293 e. The van der Waals surface area contributed by atoms with E-state index in [1.165, 1.54) is 0 Å². The number of carbonyl (C=O) groups excluding carboxylic acids is 1. The molecule has 1 rings (SSSR count). The minimum absolute atomic E-state index is 0.474. The predicted molar refractivity (Wildman–Crippen MR) is 55.9 cm³/mol. The van der Waals surface area contributed by atoms with Gasteiger partial charge in [-0.05, 0) is 18.9 Å². The molecule has 1 aromatic rings. The van der Waals surface area contributed by atoms with Gasteiger partial charge >= 0.3 is 0 Å². The zero-order valence-electron chi connectivity index (χ0n) is 8.69. The van der Waals surface area contributed by atoms with E-state index in [1.54, 1.807) is 0 Å². The highest BCUT2D eigenvalue weighted by atomic mass is 16.5. The average Bonchev–Trinajstić information content (AvgIpc) is 2.20. The molecular weight excluding hydrogens is 176 g/mol. The molecule has 0 radical (unpaired) electrons. The van der Waals surface area contributed by atoms with Gasteiger partial charge in [-0.15, -0.1) is 0 Å². The van der Waals surface area contributed by atoms with Crippen molar-refractivity contribution in [3.63, 3.8) is 0 Å². The minimum atomic E-state index is -0.474. The van der Waals surface area contributed by atoms with E-state index in [2.05, 4.69) is 6.92 Å². The zero-order valence-corrected chi connectivity index (χ0v) is 8.69. The highest BCUT2D eigenvalue weighted by Gasteiger charge is 2.26. The molecule has 1 unspecified atom stereocenters. The Morgan fingerprint density at radius 2 is 2.00 bits per heavy atom. The lowest BCUT2D eigenvalue weighted by Crippen LogP contribution is -2.25. The first kappa shape index (κ1) is 10.8. The molecule has 0 aromatic heterocycles. The van der Waals surface area contributed by atoms with Crippen molar-refractivity contribution in [1.82, 2.24) is 0 Å². The molecular formula is C12H16O2. The van der Waals surface area contributed by atoms with Crippen molar-refractivity contribution in [2.45, 2.75) is 32.3 Å². The normalized spacial score (nSPS) is 14.4. The monoisotopic (exact) mass is 192 g/mol. The molecule has 2 heteroatoms. The lowest BCUT2D eigenvalue weighted by molar-refractivity contribution is -0.143. The van der Waals surface area contributed by atoms with Gasteiger partial charge in [-0.25, -0.2) is 0 Å². The second kappa shape index (κ2) is 4.80. The van der Waals surface area contributed by atoms with Crippen LogP contribution in [-0.4, -0.2) is 6.47 Å². The van der Waals surface area contributed by atoms with Crippen LogP contribution in [0.1, 0.15) is 32.3 Å². The molecule has 0 saturated carbocycles. The third-order valence-electron chi connectivity index (χ3n) is 2.42. The van der Waals surface area contributed by atoms with Crippen LogP contribution in [-0.2, 0) is 15.1 Å². The summed E-state index contributed by atoms with van der Waals surface area (Å²) in [7, 11) is 0. The van der Waals surface area contributed by atoms with Crippen LogP contribution in [0, 0.1) is 0 Å². The van der Waals surface area contributed by atoms with Crippen LogP contribution in [0.2, 0.25) is 0 Å². The van der Waals surface area contributed by atoms with Crippen molar-refractivity contribution in [1.29, 1.82) is 0 Å². The number of benzene rings is 1. The smallest absolute Gasteiger partial charge is 0.293 e. The summed E-state index contributed by atoms with van der Waals surface area (Å²) in [4.78, 5) is 10.4. The number of hydrogen-bond donors (Lipinski definition) is 0. The minimum Gasteiger partial charge on any atom is -0.457 e. The van der Waals surface area contributed by atoms with Crippen LogP contribution >= 0.6 is 0 Å². The topological polar surface area (TPSA) is 26.3 Å². The highest BCUT2D eigenvalue weighted by Crippen LogP contribution is 2.29. The Labute approximate surface area is 84.9 Å². The van der Waals surface area contributed by atoms with Crippen LogP contribution in [0.25, 0.3) is 0 Å². The van der Waals surface area contributed by atoms with Gasteiger partial charge in [0.15, 0.2) is 0 Å². The maximum absolute atomic E-state index is 10.4. The van der Waals surface area contributed by atoms with Crippen molar-refractivity contribution in [3.8, 4) is 0 Å². The van der Waals surface area contributed by atoms with Gasteiger partial charge in [0, 0.05) is 0 Å². The van der Waals surface area contributed by atoms with Crippen LogP contribution in [0.3, 0.4) is 0 Å². The molecule has 0 bridgehead atoms. The van der Waals surface area contributed by atoms with E-state index < -0.39 is 5.60 Å². The van der Waals surface area contributed by atoms with E-state index >= 15 is 0 Å². The predicted octanol–water partition coefficient (Wildman–Crippen LogP) is 2.87.